The molecule has 1 heterocycles. The van der Waals surface area contributed by atoms with Crippen molar-refractivity contribution in [3.05, 3.63) is 46.1 Å². The Balaban J connectivity index is 2.59. The molecule has 2 rings (SSSR count). The molecule has 0 bridgehead atoms. The van der Waals surface area contributed by atoms with Crippen molar-refractivity contribution in [2.45, 2.75) is 12.7 Å². The van der Waals surface area contributed by atoms with Gasteiger partial charge in [0.15, 0.2) is 0 Å². The molecular formula is C12H10BrFN2S. The number of rotatable bonds is 2. The highest BCUT2D eigenvalue weighted by atomic mass is 79.9. The van der Waals surface area contributed by atoms with Crippen LogP contribution in [-0.2, 0) is 5.75 Å². The molecule has 0 atom stereocenters. The van der Waals surface area contributed by atoms with Crippen molar-refractivity contribution in [3.8, 4) is 11.3 Å². The summed E-state index contributed by atoms with van der Waals surface area (Å²) in [5.41, 5.74) is 1.85. The molecule has 88 valence electrons. The van der Waals surface area contributed by atoms with Gasteiger partial charge in [-0.1, -0.05) is 15.9 Å². The van der Waals surface area contributed by atoms with Crippen molar-refractivity contribution >= 4 is 28.6 Å². The summed E-state index contributed by atoms with van der Waals surface area (Å²) in [5, 5.41) is 0. The van der Waals surface area contributed by atoms with Crippen LogP contribution in [0.15, 0.2) is 28.7 Å². The lowest BCUT2D eigenvalue weighted by Crippen LogP contribution is -1.98. The minimum atomic E-state index is -0.295. The van der Waals surface area contributed by atoms with Crippen LogP contribution < -0.4 is 0 Å². The summed E-state index contributed by atoms with van der Waals surface area (Å²) in [6, 6.07) is 6.54. The van der Waals surface area contributed by atoms with Gasteiger partial charge in [-0.2, -0.15) is 12.6 Å². The van der Waals surface area contributed by atoms with Gasteiger partial charge < -0.3 is 0 Å². The third kappa shape index (κ3) is 2.84. The first-order valence-corrected chi connectivity index (χ1v) is 6.43. The molecule has 2 nitrogen and oxygen atoms in total. The SMILES string of the molecule is Cc1cc(-c2cc(Br)ccc2F)nc(CS)n1. The van der Waals surface area contributed by atoms with Gasteiger partial charge in [-0.15, -0.1) is 0 Å². The third-order valence-corrected chi connectivity index (χ3v) is 3.02. The summed E-state index contributed by atoms with van der Waals surface area (Å²) in [4.78, 5) is 8.48. The van der Waals surface area contributed by atoms with Crippen molar-refractivity contribution in [1.82, 2.24) is 9.97 Å². The standard InChI is InChI=1S/C12H10BrFN2S/c1-7-4-11(16-12(6-17)15-7)9-5-8(13)2-3-10(9)14/h2-5,17H,6H2,1H3. The molecule has 0 saturated heterocycles. The lowest BCUT2D eigenvalue weighted by Gasteiger charge is -2.06. The van der Waals surface area contributed by atoms with E-state index in [0.717, 1.165) is 10.2 Å². The molecule has 2 aromatic rings. The Labute approximate surface area is 113 Å². The summed E-state index contributed by atoms with van der Waals surface area (Å²) in [7, 11) is 0. The maximum Gasteiger partial charge on any atom is 0.138 e. The van der Waals surface area contributed by atoms with Gasteiger partial charge in [0.1, 0.15) is 11.6 Å². The van der Waals surface area contributed by atoms with Crippen molar-refractivity contribution in [3.63, 3.8) is 0 Å². The second-order valence-corrected chi connectivity index (χ2v) is 4.82. The van der Waals surface area contributed by atoms with Crippen LogP contribution in [0.3, 0.4) is 0 Å². The minimum Gasteiger partial charge on any atom is -0.237 e. The van der Waals surface area contributed by atoms with Crippen LogP contribution in [0, 0.1) is 12.7 Å². The van der Waals surface area contributed by atoms with Gasteiger partial charge in [0.05, 0.1) is 11.4 Å². The zero-order chi connectivity index (χ0) is 12.4. The number of halogens is 2. The van der Waals surface area contributed by atoms with E-state index in [2.05, 4.69) is 38.5 Å². The Hall–Kier alpha value is -0.940. The highest BCUT2D eigenvalue weighted by Gasteiger charge is 2.09. The van der Waals surface area contributed by atoms with E-state index >= 15 is 0 Å². The molecule has 0 aliphatic rings. The van der Waals surface area contributed by atoms with Crippen molar-refractivity contribution < 1.29 is 4.39 Å². The first-order valence-electron chi connectivity index (χ1n) is 5.01. The normalized spacial score (nSPS) is 10.6. The summed E-state index contributed by atoms with van der Waals surface area (Å²) in [6.07, 6.45) is 0. The molecule has 0 saturated carbocycles. The van der Waals surface area contributed by atoms with Crippen LogP contribution in [0.5, 0.6) is 0 Å². The molecule has 0 N–H and O–H groups in total. The van der Waals surface area contributed by atoms with Crippen LogP contribution in [0.25, 0.3) is 11.3 Å². The fourth-order valence-corrected chi connectivity index (χ4v) is 2.03. The maximum atomic E-state index is 13.7. The lowest BCUT2D eigenvalue weighted by molar-refractivity contribution is 0.630. The number of hydrogen-bond acceptors (Lipinski definition) is 3. The molecule has 1 aromatic heterocycles. The van der Waals surface area contributed by atoms with Gasteiger partial charge in [0.2, 0.25) is 0 Å². The van der Waals surface area contributed by atoms with E-state index in [1.54, 1.807) is 18.2 Å². The summed E-state index contributed by atoms with van der Waals surface area (Å²) >= 11 is 7.46. The zero-order valence-electron chi connectivity index (χ0n) is 9.11. The number of hydrogen-bond donors (Lipinski definition) is 1. The number of nitrogens with zero attached hydrogens (tertiary/aromatic N) is 2. The predicted molar refractivity (Wildman–Crippen MR) is 72.6 cm³/mol. The molecule has 5 heteroatoms. The Bertz CT molecular complexity index is 560. The molecule has 0 unspecified atom stereocenters. The van der Waals surface area contributed by atoms with Gasteiger partial charge in [0, 0.05) is 15.7 Å². The van der Waals surface area contributed by atoms with E-state index in [1.807, 2.05) is 6.92 Å². The van der Waals surface area contributed by atoms with E-state index in [0.29, 0.717) is 22.8 Å². The number of aromatic nitrogens is 2. The Morgan fingerprint density at radius 3 is 2.76 bits per heavy atom. The van der Waals surface area contributed by atoms with Crippen LogP contribution in [0.2, 0.25) is 0 Å². The zero-order valence-corrected chi connectivity index (χ0v) is 11.6. The molecule has 0 radical (unpaired) electrons. The van der Waals surface area contributed by atoms with Crippen LogP contribution >= 0.6 is 28.6 Å². The lowest BCUT2D eigenvalue weighted by atomic mass is 10.1. The monoisotopic (exact) mass is 312 g/mol. The Morgan fingerprint density at radius 1 is 1.29 bits per heavy atom. The van der Waals surface area contributed by atoms with E-state index in [1.165, 1.54) is 6.07 Å². The van der Waals surface area contributed by atoms with E-state index in [9.17, 15) is 4.39 Å². The van der Waals surface area contributed by atoms with Gasteiger partial charge in [0.25, 0.3) is 0 Å². The van der Waals surface area contributed by atoms with Crippen LogP contribution in [0.1, 0.15) is 11.5 Å². The topological polar surface area (TPSA) is 25.8 Å². The molecule has 0 aliphatic heterocycles. The van der Waals surface area contributed by atoms with E-state index < -0.39 is 0 Å². The third-order valence-electron chi connectivity index (χ3n) is 2.25. The van der Waals surface area contributed by atoms with Crippen LogP contribution in [0.4, 0.5) is 4.39 Å². The summed E-state index contributed by atoms with van der Waals surface area (Å²) in [5.74, 6) is 0.740. The van der Waals surface area contributed by atoms with E-state index in [-0.39, 0.29) is 5.82 Å². The van der Waals surface area contributed by atoms with Crippen molar-refractivity contribution in [2.75, 3.05) is 0 Å². The predicted octanol–water partition coefficient (Wildman–Crippen LogP) is 3.78. The van der Waals surface area contributed by atoms with Crippen LogP contribution in [-0.4, -0.2) is 9.97 Å². The largest absolute Gasteiger partial charge is 0.237 e. The highest BCUT2D eigenvalue weighted by molar-refractivity contribution is 9.10. The summed E-state index contributed by atoms with van der Waals surface area (Å²) in [6.45, 7) is 1.86. The molecule has 1 aromatic carbocycles. The average Bonchev–Trinajstić information content (AvgIpc) is 2.31. The van der Waals surface area contributed by atoms with Gasteiger partial charge in [-0.05, 0) is 31.2 Å². The van der Waals surface area contributed by atoms with Crippen molar-refractivity contribution in [1.29, 1.82) is 0 Å². The van der Waals surface area contributed by atoms with Crippen molar-refractivity contribution in [2.24, 2.45) is 0 Å². The number of aryl methyl sites for hydroxylation is 1. The molecule has 0 spiro atoms. The Morgan fingerprint density at radius 2 is 2.06 bits per heavy atom. The fourth-order valence-electron chi connectivity index (χ4n) is 1.53. The fraction of sp³-hybridized carbons (Fsp3) is 0.167. The number of benzene rings is 1. The average molecular weight is 313 g/mol. The minimum absolute atomic E-state index is 0.295. The second-order valence-electron chi connectivity index (χ2n) is 3.59. The molecule has 17 heavy (non-hydrogen) atoms. The van der Waals surface area contributed by atoms with Gasteiger partial charge in [-0.3, -0.25) is 0 Å². The van der Waals surface area contributed by atoms with Gasteiger partial charge in [-0.25, -0.2) is 14.4 Å². The molecule has 0 fully saturated rings. The van der Waals surface area contributed by atoms with E-state index in [4.69, 9.17) is 0 Å². The quantitative estimate of drug-likeness (QED) is 0.854. The first-order chi connectivity index (χ1) is 8.10. The second kappa shape index (κ2) is 5.14. The molecular weight excluding hydrogens is 303 g/mol. The summed E-state index contributed by atoms with van der Waals surface area (Å²) < 4.78 is 14.5. The first kappa shape index (κ1) is 12.5. The Kier molecular flexibility index (Phi) is 3.79. The molecule has 0 aliphatic carbocycles. The number of thiol groups is 1. The highest BCUT2D eigenvalue weighted by Crippen LogP contribution is 2.25. The smallest absolute Gasteiger partial charge is 0.138 e. The maximum absolute atomic E-state index is 13.7. The molecule has 0 amide bonds. The van der Waals surface area contributed by atoms with Gasteiger partial charge >= 0.3 is 0 Å².